The molecule has 0 radical (unpaired) electrons. The molecule has 0 aliphatic carbocycles. The second-order valence-corrected chi connectivity index (χ2v) is 9.05. The van der Waals surface area contributed by atoms with Gasteiger partial charge >= 0.3 is 0 Å². The summed E-state index contributed by atoms with van der Waals surface area (Å²) in [6.07, 6.45) is 1.04. The highest BCUT2D eigenvalue weighted by Crippen LogP contribution is 2.28. The molecule has 2 aromatic carbocycles. The molecule has 1 amide bonds. The van der Waals surface area contributed by atoms with Crippen LogP contribution in [0.1, 0.15) is 0 Å². The molecule has 0 aromatic heterocycles. The number of ether oxygens (including phenoxy) is 1. The number of halogens is 1. The van der Waals surface area contributed by atoms with E-state index in [-0.39, 0.29) is 40.1 Å². The van der Waals surface area contributed by atoms with Crippen molar-refractivity contribution >= 4 is 44.6 Å². The van der Waals surface area contributed by atoms with Gasteiger partial charge in [-0.1, -0.05) is 23.7 Å². The average Bonchev–Trinajstić information content (AvgIpc) is 2.81. The second-order valence-electron chi connectivity index (χ2n) is 6.70. The summed E-state index contributed by atoms with van der Waals surface area (Å²) in [5.74, 6) is -0.896. The normalized spacial score (nSPS) is 14.8. The zero-order valence-electron chi connectivity index (χ0n) is 17.0. The molecule has 1 heterocycles. The molecule has 11 nitrogen and oxygen atoms in total. The number of anilines is 2. The third-order valence-corrected chi connectivity index (χ3v) is 6.86. The first-order valence-electron chi connectivity index (χ1n) is 9.53. The number of morpholine rings is 1. The molecule has 0 unspecified atom stereocenters. The molecule has 33 heavy (non-hydrogen) atoms. The first kappa shape index (κ1) is 24.1. The first-order chi connectivity index (χ1) is 15.7. The quantitative estimate of drug-likeness (QED) is 0.259. The highest BCUT2D eigenvalue weighted by molar-refractivity contribution is 7.89. The molecule has 0 spiro atoms. The molecular weight excluding hydrogens is 474 g/mol. The summed E-state index contributed by atoms with van der Waals surface area (Å²) < 4.78 is 32.2. The maximum atomic E-state index is 12.9. The van der Waals surface area contributed by atoms with Crippen LogP contribution in [0, 0.1) is 21.4 Å². The number of hydrogen-bond acceptors (Lipinski definition) is 8. The van der Waals surface area contributed by atoms with E-state index < -0.39 is 26.4 Å². The lowest BCUT2D eigenvalue weighted by atomic mass is 10.2. The molecular formula is C20H18ClN5O6S. The monoisotopic (exact) mass is 491 g/mol. The predicted molar refractivity (Wildman–Crippen MR) is 120 cm³/mol. The van der Waals surface area contributed by atoms with Gasteiger partial charge in [-0.3, -0.25) is 14.9 Å². The minimum absolute atomic E-state index is 0.0208. The van der Waals surface area contributed by atoms with Gasteiger partial charge in [0.2, 0.25) is 10.0 Å². The molecule has 1 fully saturated rings. The van der Waals surface area contributed by atoms with Gasteiger partial charge in [-0.2, -0.15) is 9.57 Å². The number of nitrogens with one attached hydrogen (secondary N) is 2. The lowest BCUT2D eigenvalue weighted by Crippen LogP contribution is -2.40. The van der Waals surface area contributed by atoms with E-state index >= 15 is 0 Å². The lowest BCUT2D eigenvalue weighted by molar-refractivity contribution is -0.383. The predicted octanol–water partition coefficient (Wildman–Crippen LogP) is 2.73. The number of amides is 1. The number of nitro benzene ring substituents is 1. The fourth-order valence-corrected chi connectivity index (χ4v) is 4.55. The van der Waals surface area contributed by atoms with Crippen LogP contribution in [0.15, 0.2) is 59.1 Å². The Morgan fingerprint density at radius 3 is 2.58 bits per heavy atom. The summed E-state index contributed by atoms with van der Waals surface area (Å²) in [6, 6.07) is 11.2. The largest absolute Gasteiger partial charge is 0.379 e. The van der Waals surface area contributed by atoms with Crippen molar-refractivity contribution < 1.29 is 22.9 Å². The van der Waals surface area contributed by atoms with Crippen LogP contribution in [-0.2, 0) is 19.6 Å². The lowest BCUT2D eigenvalue weighted by Gasteiger charge is -2.26. The highest BCUT2D eigenvalue weighted by Gasteiger charge is 2.27. The van der Waals surface area contributed by atoms with E-state index in [2.05, 4.69) is 10.6 Å². The average molecular weight is 492 g/mol. The molecule has 13 heteroatoms. The SMILES string of the molecule is N#C/C(=C/Nc1cc(S(=O)(=O)N2CCOCC2)ccc1Cl)C(=O)Nc1ccccc1[N+](=O)[O-]. The summed E-state index contributed by atoms with van der Waals surface area (Å²) in [6.45, 7) is 1.03. The Morgan fingerprint density at radius 2 is 1.91 bits per heavy atom. The third kappa shape index (κ3) is 5.65. The molecule has 0 saturated carbocycles. The van der Waals surface area contributed by atoms with E-state index in [1.807, 2.05) is 0 Å². The van der Waals surface area contributed by atoms with E-state index in [1.54, 1.807) is 6.07 Å². The maximum absolute atomic E-state index is 12.9. The minimum Gasteiger partial charge on any atom is -0.379 e. The molecule has 0 bridgehead atoms. The van der Waals surface area contributed by atoms with Gasteiger partial charge in [0.1, 0.15) is 17.3 Å². The van der Waals surface area contributed by atoms with Crippen molar-refractivity contribution in [2.24, 2.45) is 0 Å². The van der Waals surface area contributed by atoms with Crippen LogP contribution < -0.4 is 10.6 Å². The Morgan fingerprint density at radius 1 is 1.21 bits per heavy atom. The number of rotatable bonds is 7. The Hall–Kier alpha value is -3.50. The number of nitro groups is 1. The number of nitrogens with zero attached hydrogens (tertiary/aromatic N) is 3. The number of hydrogen-bond donors (Lipinski definition) is 2. The van der Waals surface area contributed by atoms with Crippen LogP contribution in [0.5, 0.6) is 0 Å². The summed E-state index contributed by atoms with van der Waals surface area (Å²) in [7, 11) is -3.79. The molecule has 1 aliphatic rings. The molecule has 2 aromatic rings. The molecule has 172 valence electrons. The maximum Gasteiger partial charge on any atom is 0.292 e. The van der Waals surface area contributed by atoms with Crippen LogP contribution in [0.2, 0.25) is 5.02 Å². The Bertz CT molecular complexity index is 1250. The topological polar surface area (TPSA) is 155 Å². The van der Waals surface area contributed by atoms with Crippen molar-refractivity contribution in [3.05, 3.63) is 69.4 Å². The minimum atomic E-state index is -3.79. The van der Waals surface area contributed by atoms with Gasteiger partial charge in [-0.05, 0) is 24.3 Å². The van der Waals surface area contributed by atoms with Crippen molar-refractivity contribution in [2.75, 3.05) is 36.9 Å². The number of para-hydroxylation sites is 2. The fraction of sp³-hybridized carbons (Fsp3) is 0.200. The van der Waals surface area contributed by atoms with Gasteiger partial charge in [-0.25, -0.2) is 8.42 Å². The standard InChI is InChI=1S/C20H18ClN5O6S/c21-16-6-5-15(33(30,31)25-7-9-32-10-8-25)11-18(16)23-13-14(12-22)20(27)24-17-3-1-2-4-19(17)26(28)29/h1-6,11,13,23H,7-10H2,(H,24,27)/b14-13-. The molecule has 1 saturated heterocycles. The van der Waals surface area contributed by atoms with E-state index in [0.717, 1.165) is 6.20 Å². The van der Waals surface area contributed by atoms with Crippen molar-refractivity contribution in [1.82, 2.24) is 4.31 Å². The van der Waals surface area contributed by atoms with Crippen molar-refractivity contribution in [1.29, 1.82) is 5.26 Å². The first-order valence-corrected chi connectivity index (χ1v) is 11.3. The van der Waals surface area contributed by atoms with Crippen LogP contribution in [0.4, 0.5) is 17.1 Å². The van der Waals surface area contributed by atoms with Crippen LogP contribution in [0.25, 0.3) is 0 Å². The van der Waals surface area contributed by atoms with E-state index in [0.29, 0.717) is 13.2 Å². The molecule has 0 atom stereocenters. The van der Waals surface area contributed by atoms with E-state index in [9.17, 15) is 28.6 Å². The van der Waals surface area contributed by atoms with Gasteiger partial charge in [0, 0.05) is 25.4 Å². The van der Waals surface area contributed by atoms with Crippen molar-refractivity contribution in [3.8, 4) is 6.07 Å². The number of carbonyl (C=O) groups is 1. The summed E-state index contributed by atoms with van der Waals surface area (Å²) in [5, 5.41) is 25.6. The number of nitriles is 1. The van der Waals surface area contributed by atoms with Gasteiger partial charge < -0.3 is 15.4 Å². The molecule has 3 rings (SSSR count). The van der Waals surface area contributed by atoms with Crippen molar-refractivity contribution in [2.45, 2.75) is 4.90 Å². The molecule has 2 N–H and O–H groups in total. The number of sulfonamides is 1. The number of carbonyl (C=O) groups excluding carboxylic acids is 1. The Kier molecular flexibility index (Phi) is 7.62. The van der Waals surface area contributed by atoms with Gasteiger partial charge in [-0.15, -0.1) is 0 Å². The van der Waals surface area contributed by atoms with E-state index in [1.165, 1.54) is 46.8 Å². The molecule has 1 aliphatic heterocycles. The summed E-state index contributed by atoms with van der Waals surface area (Å²) in [5.41, 5.74) is -0.673. The van der Waals surface area contributed by atoms with E-state index in [4.69, 9.17) is 16.3 Å². The van der Waals surface area contributed by atoms with Crippen molar-refractivity contribution in [3.63, 3.8) is 0 Å². The van der Waals surface area contributed by atoms with Crippen LogP contribution >= 0.6 is 11.6 Å². The fourth-order valence-electron chi connectivity index (χ4n) is 2.94. The smallest absolute Gasteiger partial charge is 0.292 e. The van der Waals surface area contributed by atoms with Gasteiger partial charge in [0.25, 0.3) is 11.6 Å². The van der Waals surface area contributed by atoms with Crippen LogP contribution in [0.3, 0.4) is 0 Å². The zero-order valence-corrected chi connectivity index (χ0v) is 18.6. The van der Waals surface area contributed by atoms with Gasteiger partial charge in [0.15, 0.2) is 0 Å². The Balaban J connectivity index is 1.81. The summed E-state index contributed by atoms with van der Waals surface area (Å²) in [4.78, 5) is 22.9. The second kappa shape index (κ2) is 10.4. The number of benzene rings is 2. The zero-order chi connectivity index (χ0) is 24.0. The summed E-state index contributed by atoms with van der Waals surface area (Å²) >= 11 is 6.15. The Labute approximate surface area is 194 Å². The van der Waals surface area contributed by atoms with Crippen LogP contribution in [-0.4, -0.2) is 49.9 Å². The highest BCUT2D eigenvalue weighted by atomic mass is 35.5. The van der Waals surface area contributed by atoms with Gasteiger partial charge in [0.05, 0.1) is 33.7 Å². The third-order valence-electron chi connectivity index (χ3n) is 4.63.